The molecule has 7 aromatic rings. The van der Waals surface area contributed by atoms with E-state index in [4.69, 9.17) is 19.5 Å². The van der Waals surface area contributed by atoms with Gasteiger partial charge >= 0.3 is 0 Å². The van der Waals surface area contributed by atoms with Crippen LogP contribution in [0.1, 0.15) is 154 Å². The van der Waals surface area contributed by atoms with Crippen molar-refractivity contribution < 1.29 is 9.47 Å². The highest BCUT2D eigenvalue weighted by Gasteiger charge is 2.39. The third kappa shape index (κ3) is 8.51. The van der Waals surface area contributed by atoms with Crippen LogP contribution in [-0.2, 0) is 21.0 Å². The second-order valence-electron chi connectivity index (χ2n) is 22.0. The van der Waals surface area contributed by atoms with Crippen molar-refractivity contribution in [1.29, 1.82) is 0 Å². The average molecular weight is 850 g/mol. The third-order valence-corrected chi connectivity index (χ3v) is 13.7. The van der Waals surface area contributed by atoms with Crippen molar-refractivity contribution in [2.45, 2.75) is 143 Å². The molecule has 1 aliphatic heterocycles. The predicted octanol–water partition coefficient (Wildman–Crippen LogP) is 16.1. The molecule has 64 heavy (non-hydrogen) atoms. The molecule has 5 aromatic carbocycles. The molecule has 1 aliphatic carbocycles. The zero-order valence-electron chi connectivity index (χ0n) is 40.1. The van der Waals surface area contributed by atoms with Crippen molar-refractivity contribution in [2.75, 3.05) is 0 Å². The fourth-order valence-electron chi connectivity index (χ4n) is 10.1. The van der Waals surface area contributed by atoms with Gasteiger partial charge in [0.2, 0.25) is 5.90 Å². The fourth-order valence-corrected chi connectivity index (χ4v) is 10.1. The molecule has 3 heterocycles. The highest BCUT2D eigenvalue weighted by molar-refractivity contribution is 6.08. The Morgan fingerprint density at radius 3 is 2.06 bits per heavy atom. The predicted molar refractivity (Wildman–Crippen MR) is 268 cm³/mol. The first-order valence-corrected chi connectivity index (χ1v) is 23.8. The van der Waals surface area contributed by atoms with Crippen LogP contribution in [0.4, 0.5) is 0 Å². The first-order chi connectivity index (χ1) is 30.4. The first-order valence-electron chi connectivity index (χ1n) is 23.8. The molecular formula is C59H67N3O2. The first kappa shape index (κ1) is 43.6. The lowest BCUT2D eigenvalue weighted by Gasteiger charge is -2.29. The van der Waals surface area contributed by atoms with Crippen LogP contribution in [-0.4, -0.2) is 21.5 Å². The maximum Gasteiger partial charge on any atom is 0.217 e. The van der Waals surface area contributed by atoms with Gasteiger partial charge in [0.25, 0.3) is 0 Å². The van der Waals surface area contributed by atoms with Crippen LogP contribution in [0, 0.1) is 5.92 Å². The van der Waals surface area contributed by atoms with Crippen LogP contribution in [0.25, 0.3) is 38.8 Å². The van der Waals surface area contributed by atoms with E-state index in [-0.39, 0.29) is 28.4 Å². The van der Waals surface area contributed by atoms with Crippen molar-refractivity contribution in [3.05, 3.63) is 155 Å². The summed E-state index contributed by atoms with van der Waals surface area (Å²) >= 11 is 0. The Morgan fingerprint density at radius 2 is 1.36 bits per heavy atom. The fraction of sp³-hybridized carbons (Fsp3) is 0.390. The van der Waals surface area contributed by atoms with Gasteiger partial charge in [-0.25, -0.2) is 9.98 Å². The van der Waals surface area contributed by atoms with Gasteiger partial charge in [-0.3, -0.25) is 4.57 Å². The van der Waals surface area contributed by atoms with Gasteiger partial charge in [0.1, 0.15) is 23.3 Å². The highest BCUT2D eigenvalue weighted by atomic mass is 16.5. The lowest BCUT2D eigenvalue weighted by Crippen LogP contribution is -2.25. The van der Waals surface area contributed by atoms with Crippen molar-refractivity contribution in [1.82, 2.24) is 9.55 Å². The summed E-state index contributed by atoms with van der Waals surface area (Å²) in [6, 6.07) is 42.1. The lowest BCUT2D eigenvalue weighted by molar-refractivity contribution is 0.150. The van der Waals surface area contributed by atoms with E-state index in [1.54, 1.807) is 0 Å². The van der Waals surface area contributed by atoms with E-state index in [1.165, 1.54) is 70.9 Å². The van der Waals surface area contributed by atoms with E-state index in [9.17, 15) is 0 Å². The Labute approximate surface area is 382 Å². The number of nitrogens with zero attached hydrogens (tertiary/aromatic N) is 3. The zero-order valence-corrected chi connectivity index (χ0v) is 40.1. The molecule has 2 aromatic heterocycles. The van der Waals surface area contributed by atoms with E-state index in [2.05, 4.69) is 190 Å². The van der Waals surface area contributed by atoms with Gasteiger partial charge in [-0.15, -0.1) is 0 Å². The molecule has 0 N–H and O–H groups in total. The molecule has 5 heteroatoms. The number of pyridine rings is 1. The van der Waals surface area contributed by atoms with Gasteiger partial charge < -0.3 is 9.47 Å². The summed E-state index contributed by atoms with van der Waals surface area (Å²) in [5, 5.41) is 2.34. The Balaban J connectivity index is 1.23. The van der Waals surface area contributed by atoms with Crippen LogP contribution >= 0.6 is 0 Å². The van der Waals surface area contributed by atoms with E-state index in [1.807, 2.05) is 12.3 Å². The summed E-state index contributed by atoms with van der Waals surface area (Å²) in [4.78, 5) is 10.6. The summed E-state index contributed by atoms with van der Waals surface area (Å²) in [5.74, 6) is 3.02. The van der Waals surface area contributed by atoms with Crippen LogP contribution in [0.5, 0.6) is 11.5 Å². The molecule has 0 saturated heterocycles. The maximum absolute atomic E-state index is 7.24. The molecule has 1 saturated carbocycles. The van der Waals surface area contributed by atoms with Gasteiger partial charge in [0.15, 0.2) is 0 Å². The van der Waals surface area contributed by atoms with Crippen molar-refractivity contribution >= 4 is 27.8 Å². The van der Waals surface area contributed by atoms with Crippen molar-refractivity contribution in [3.63, 3.8) is 0 Å². The second kappa shape index (κ2) is 16.7. The zero-order chi connectivity index (χ0) is 45.1. The van der Waals surface area contributed by atoms with Crippen LogP contribution in [0.2, 0.25) is 0 Å². The largest absolute Gasteiger partial charge is 0.467 e. The minimum atomic E-state index is -0.155. The molecule has 0 radical (unpaired) electrons. The van der Waals surface area contributed by atoms with Gasteiger partial charge in [-0.1, -0.05) is 150 Å². The monoisotopic (exact) mass is 850 g/mol. The van der Waals surface area contributed by atoms with E-state index in [0.29, 0.717) is 17.7 Å². The summed E-state index contributed by atoms with van der Waals surface area (Å²) in [5.41, 5.74) is 12.4. The standard InChI is InChI=1S/C59H67N3O2/c1-37(2)47-24-18-26-50(59(9,10)11)52(47)40-30-41(56-61-53(38-20-14-12-15-21-38)54(64-56)39-22-16-13-17-23-39)32-45(31-40)63-46-34-43(58(6,7)8)33-44(36-46)62-51-28-27-42(57(3,4)5)35-49(51)48-25-19-29-60-55(48)62/h13,16-19,22-38,53-54H,12,14-15,20-21H2,1-11H3/t53-,54-/m1/s1. The van der Waals surface area contributed by atoms with E-state index in [0.717, 1.165) is 44.9 Å². The number of hydrogen-bond donors (Lipinski definition) is 0. The molecule has 1 fully saturated rings. The number of rotatable bonds is 8. The molecule has 0 bridgehead atoms. The molecule has 0 spiro atoms. The van der Waals surface area contributed by atoms with E-state index >= 15 is 0 Å². The van der Waals surface area contributed by atoms with Crippen LogP contribution in [0.15, 0.2) is 126 Å². The normalized spacial score (nSPS) is 17.6. The van der Waals surface area contributed by atoms with Crippen molar-refractivity contribution in [2.24, 2.45) is 10.9 Å². The number of ether oxygens (including phenoxy) is 2. The molecule has 9 rings (SSSR count). The molecular weight excluding hydrogens is 783 g/mol. The molecule has 0 unspecified atom stereocenters. The molecule has 5 nitrogen and oxygen atoms in total. The topological polar surface area (TPSA) is 48.6 Å². The molecule has 0 amide bonds. The quantitative estimate of drug-likeness (QED) is 0.153. The molecule has 2 aliphatic rings. The third-order valence-electron chi connectivity index (χ3n) is 13.7. The highest BCUT2D eigenvalue weighted by Crippen LogP contribution is 2.45. The summed E-state index contributed by atoms with van der Waals surface area (Å²) < 4.78 is 16.6. The second-order valence-corrected chi connectivity index (χ2v) is 22.0. The maximum atomic E-state index is 7.24. The number of benzene rings is 5. The number of fused-ring (bicyclic) bond motifs is 3. The minimum absolute atomic E-state index is 0.0169. The Morgan fingerprint density at radius 1 is 0.641 bits per heavy atom. The minimum Gasteiger partial charge on any atom is -0.467 e. The molecule has 2 atom stereocenters. The number of aliphatic imine (C=N–C) groups is 1. The van der Waals surface area contributed by atoms with Gasteiger partial charge in [-0.05, 0) is 134 Å². The van der Waals surface area contributed by atoms with Gasteiger partial charge in [0.05, 0.1) is 17.2 Å². The van der Waals surface area contributed by atoms with Crippen LogP contribution < -0.4 is 4.74 Å². The SMILES string of the molecule is CC(C)c1cccc(C(C)(C)C)c1-c1cc(Oc2cc(-n3c4ccc(C(C)(C)C)cc4c4cccnc43)cc(C(C)(C)C)c2)cc(C2=N[C@H](C3CCCCC3)[C@@H](c3ccccc3)O2)c1. The summed E-state index contributed by atoms with van der Waals surface area (Å²) in [7, 11) is 0. The Bertz CT molecular complexity index is 2860. The van der Waals surface area contributed by atoms with Crippen molar-refractivity contribution in [3.8, 4) is 28.3 Å². The average Bonchev–Trinajstić information content (AvgIpc) is 3.86. The number of hydrogen-bond acceptors (Lipinski definition) is 4. The Hall–Kier alpha value is -5.68. The summed E-state index contributed by atoms with van der Waals surface area (Å²) in [6.07, 6.45) is 7.94. The number of aromatic nitrogens is 2. The van der Waals surface area contributed by atoms with E-state index < -0.39 is 0 Å². The lowest BCUT2D eigenvalue weighted by atomic mass is 9.78. The van der Waals surface area contributed by atoms with Gasteiger partial charge in [0, 0.05) is 28.6 Å². The Kier molecular flexibility index (Phi) is 11.4. The van der Waals surface area contributed by atoms with Gasteiger partial charge in [-0.2, -0.15) is 0 Å². The molecule has 330 valence electrons. The smallest absolute Gasteiger partial charge is 0.217 e. The van der Waals surface area contributed by atoms with Crippen LogP contribution in [0.3, 0.4) is 0 Å². The summed E-state index contributed by atoms with van der Waals surface area (Å²) in [6.45, 7) is 25.2.